The van der Waals surface area contributed by atoms with E-state index in [0.717, 1.165) is 22.6 Å². The molecule has 0 aliphatic rings. The van der Waals surface area contributed by atoms with Gasteiger partial charge in [0.2, 0.25) is 0 Å². The van der Waals surface area contributed by atoms with Crippen LogP contribution in [0.4, 0.5) is 4.39 Å². The lowest BCUT2D eigenvalue weighted by molar-refractivity contribution is 0.624. The summed E-state index contributed by atoms with van der Waals surface area (Å²) in [7, 11) is 0. The zero-order valence-electron chi connectivity index (χ0n) is 13.9. The Bertz CT molecular complexity index is 992. The fourth-order valence-electron chi connectivity index (χ4n) is 2.93. The van der Waals surface area contributed by atoms with E-state index in [1.807, 2.05) is 44.2 Å². The number of hydrogen-bond acceptors (Lipinski definition) is 1. The Morgan fingerprint density at radius 1 is 1.12 bits per heavy atom. The van der Waals surface area contributed by atoms with Gasteiger partial charge in [0.1, 0.15) is 5.82 Å². The van der Waals surface area contributed by atoms with Crippen molar-refractivity contribution in [2.75, 3.05) is 0 Å². The molecule has 2 nitrogen and oxygen atoms in total. The summed E-state index contributed by atoms with van der Waals surface area (Å²) in [5.74, 6) is -0.401. The number of aryl methyl sites for hydroxylation is 1. The van der Waals surface area contributed by atoms with Crippen molar-refractivity contribution >= 4 is 23.3 Å². The topological polar surface area (TPSA) is 28.7 Å². The molecule has 0 fully saturated rings. The van der Waals surface area contributed by atoms with E-state index in [4.69, 9.17) is 11.6 Å². The van der Waals surface area contributed by atoms with E-state index in [1.54, 1.807) is 24.3 Å². The first-order valence-corrected chi connectivity index (χ1v) is 8.20. The Hall–Kier alpha value is -2.83. The van der Waals surface area contributed by atoms with Crippen molar-refractivity contribution in [2.45, 2.75) is 13.8 Å². The van der Waals surface area contributed by atoms with Crippen molar-refractivity contribution in [2.24, 2.45) is 0 Å². The first-order valence-electron chi connectivity index (χ1n) is 7.83. The van der Waals surface area contributed by atoms with Gasteiger partial charge in [0, 0.05) is 27.7 Å². The van der Waals surface area contributed by atoms with Gasteiger partial charge < -0.3 is 4.57 Å². The number of rotatable bonds is 3. The Morgan fingerprint density at radius 2 is 1.80 bits per heavy atom. The molecule has 124 valence electrons. The van der Waals surface area contributed by atoms with Crippen LogP contribution in [0.2, 0.25) is 5.02 Å². The third-order valence-electron chi connectivity index (χ3n) is 4.14. The molecule has 0 unspecified atom stereocenters. The van der Waals surface area contributed by atoms with Gasteiger partial charge in [0.25, 0.3) is 0 Å². The summed E-state index contributed by atoms with van der Waals surface area (Å²) in [5.41, 5.74) is 4.48. The number of halogens is 2. The predicted molar refractivity (Wildman–Crippen MR) is 100 cm³/mol. The molecule has 0 N–H and O–H groups in total. The summed E-state index contributed by atoms with van der Waals surface area (Å²) >= 11 is 5.96. The van der Waals surface area contributed by atoms with Crippen molar-refractivity contribution in [3.8, 4) is 11.8 Å². The SMILES string of the molecule is Cc1cc(/C=C(\C#N)c2ccccc2F)c(C)n1-c1ccc(Cl)cc1. The predicted octanol–water partition coefficient (Wildman–Crippen LogP) is 5.95. The molecular formula is C21H16ClFN2. The highest BCUT2D eigenvalue weighted by Gasteiger charge is 2.12. The van der Waals surface area contributed by atoms with E-state index in [9.17, 15) is 9.65 Å². The van der Waals surface area contributed by atoms with Crippen LogP contribution in [-0.2, 0) is 0 Å². The zero-order chi connectivity index (χ0) is 18.0. The Balaban J connectivity index is 2.10. The van der Waals surface area contributed by atoms with Crippen LogP contribution in [0.1, 0.15) is 22.5 Å². The van der Waals surface area contributed by atoms with Crippen LogP contribution in [0.15, 0.2) is 54.6 Å². The van der Waals surface area contributed by atoms with Gasteiger partial charge in [-0.2, -0.15) is 5.26 Å². The molecule has 0 saturated carbocycles. The average molecular weight is 351 g/mol. The normalized spacial score (nSPS) is 11.4. The molecule has 1 heterocycles. The lowest BCUT2D eigenvalue weighted by Crippen LogP contribution is -1.98. The molecule has 0 radical (unpaired) electrons. The number of nitrogens with zero attached hydrogens (tertiary/aromatic N) is 2. The minimum Gasteiger partial charge on any atom is -0.318 e. The minimum absolute atomic E-state index is 0.300. The van der Waals surface area contributed by atoms with E-state index in [-0.39, 0.29) is 0 Å². The molecule has 0 aliphatic carbocycles. The fourth-order valence-corrected chi connectivity index (χ4v) is 3.05. The van der Waals surface area contributed by atoms with Crippen LogP contribution < -0.4 is 0 Å². The van der Waals surface area contributed by atoms with Gasteiger partial charge in [0.05, 0.1) is 11.6 Å². The highest BCUT2D eigenvalue weighted by Crippen LogP contribution is 2.26. The lowest BCUT2D eigenvalue weighted by atomic mass is 10.0. The highest BCUT2D eigenvalue weighted by atomic mass is 35.5. The summed E-state index contributed by atoms with van der Waals surface area (Å²) < 4.78 is 16.1. The van der Waals surface area contributed by atoms with E-state index in [2.05, 4.69) is 10.6 Å². The molecule has 0 atom stereocenters. The smallest absolute Gasteiger partial charge is 0.131 e. The first-order chi connectivity index (χ1) is 12.0. The van der Waals surface area contributed by atoms with E-state index in [0.29, 0.717) is 16.2 Å². The highest BCUT2D eigenvalue weighted by molar-refractivity contribution is 6.30. The molecule has 25 heavy (non-hydrogen) atoms. The Morgan fingerprint density at radius 3 is 2.44 bits per heavy atom. The van der Waals surface area contributed by atoms with Crippen molar-refractivity contribution in [3.05, 3.63) is 88.0 Å². The van der Waals surface area contributed by atoms with Gasteiger partial charge in [-0.3, -0.25) is 0 Å². The van der Waals surface area contributed by atoms with Gasteiger partial charge >= 0.3 is 0 Å². The number of benzene rings is 2. The Kier molecular flexibility index (Phi) is 4.74. The van der Waals surface area contributed by atoms with Crippen LogP contribution in [0.3, 0.4) is 0 Å². The summed E-state index contributed by atoms with van der Waals surface area (Å²) in [4.78, 5) is 0. The maximum absolute atomic E-state index is 14.0. The van der Waals surface area contributed by atoms with Gasteiger partial charge in [-0.15, -0.1) is 0 Å². The maximum atomic E-state index is 14.0. The zero-order valence-corrected chi connectivity index (χ0v) is 14.7. The van der Waals surface area contributed by atoms with Crippen LogP contribution in [0, 0.1) is 31.0 Å². The molecular weight excluding hydrogens is 335 g/mol. The van der Waals surface area contributed by atoms with Gasteiger partial charge in [-0.25, -0.2) is 4.39 Å². The van der Waals surface area contributed by atoms with E-state index in [1.165, 1.54) is 6.07 Å². The van der Waals surface area contributed by atoms with Crippen molar-refractivity contribution < 1.29 is 4.39 Å². The minimum atomic E-state index is -0.401. The van der Waals surface area contributed by atoms with E-state index < -0.39 is 5.82 Å². The number of allylic oxidation sites excluding steroid dienone is 1. The number of nitriles is 1. The third-order valence-corrected chi connectivity index (χ3v) is 4.39. The lowest BCUT2D eigenvalue weighted by Gasteiger charge is -2.09. The van der Waals surface area contributed by atoms with Gasteiger partial charge in [-0.05, 0) is 61.9 Å². The van der Waals surface area contributed by atoms with Gasteiger partial charge in [0.15, 0.2) is 0 Å². The fraction of sp³-hybridized carbons (Fsp3) is 0.0952. The molecule has 0 aliphatic heterocycles. The second-order valence-corrected chi connectivity index (χ2v) is 6.22. The van der Waals surface area contributed by atoms with Crippen LogP contribution >= 0.6 is 11.6 Å². The summed E-state index contributed by atoms with van der Waals surface area (Å²) in [6, 6.07) is 18.0. The first kappa shape index (κ1) is 17.0. The molecule has 3 rings (SSSR count). The second kappa shape index (κ2) is 6.96. The van der Waals surface area contributed by atoms with Crippen molar-refractivity contribution in [3.63, 3.8) is 0 Å². The molecule has 1 aromatic heterocycles. The Labute approximate surface area is 151 Å². The van der Waals surface area contributed by atoms with Gasteiger partial charge in [-0.1, -0.05) is 29.8 Å². The third kappa shape index (κ3) is 3.35. The molecule has 3 aromatic rings. The largest absolute Gasteiger partial charge is 0.318 e. The molecule has 4 heteroatoms. The average Bonchev–Trinajstić information content (AvgIpc) is 2.88. The summed E-state index contributed by atoms with van der Waals surface area (Å²) in [5, 5.41) is 10.2. The van der Waals surface area contributed by atoms with Crippen LogP contribution in [-0.4, -0.2) is 4.57 Å². The molecule has 0 saturated heterocycles. The second-order valence-electron chi connectivity index (χ2n) is 5.79. The standard InChI is InChI=1S/C21H16ClFN2/c1-14-11-16(12-17(13-24)20-5-3-4-6-21(20)23)15(2)25(14)19-9-7-18(22)8-10-19/h3-12H,1-2H3/b17-12+. The molecule has 0 spiro atoms. The van der Waals surface area contributed by atoms with Crippen molar-refractivity contribution in [1.82, 2.24) is 4.57 Å². The van der Waals surface area contributed by atoms with Crippen LogP contribution in [0.5, 0.6) is 0 Å². The van der Waals surface area contributed by atoms with Crippen molar-refractivity contribution in [1.29, 1.82) is 5.26 Å². The van der Waals surface area contributed by atoms with Crippen LogP contribution in [0.25, 0.3) is 17.3 Å². The number of hydrogen-bond donors (Lipinski definition) is 0. The summed E-state index contributed by atoms with van der Waals surface area (Å²) in [6.07, 6.45) is 1.73. The van der Waals surface area contributed by atoms with E-state index >= 15 is 0 Å². The molecule has 0 bridgehead atoms. The maximum Gasteiger partial charge on any atom is 0.131 e. The molecule has 2 aromatic carbocycles. The quantitative estimate of drug-likeness (QED) is 0.536. The summed E-state index contributed by atoms with van der Waals surface area (Å²) in [6.45, 7) is 3.97. The molecule has 0 amide bonds. The number of aromatic nitrogens is 1. The monoisotopic (exact) mass is 350 g/mol.